The molecule has 1 saturated carbocycles. The number of likely N-dealkylation sites (tertiary alicyclic amines) is 1. The number of amides is 1. The highest BCUT2D eigenvalue weighted by molar-refractivity contribution is 5.78. The van der Waals surface area contributed by atoms with Crippen molar-refractivity contribution in [2.45, 2.75) is 52.0 Å². The molecule has 21 heavy (non-hydrogen) atoms. The Morgan fingerprint density at radius 3 is 2.29 bits per heavy atom. The number of carbonyl (C=O) groups excluding carboxylic acids is 2. The van der Waals surface area contributed by atoms with Crippen LogP contribution in [0.25, 0.3) is 0 Å². The van der Waals surface area contributed by atoms with Crippen molar-refractivity contribution < 1.29 is 14.3 Å². The minimum absolute atomic E-state index is 0.0643. The van der Waals surface area contributed by atoms with E-state index in [0.717, 1.165) is 38.8 Å². The van der Waals surface area contributed by atoms with Crippen LogP contribution in [0.5, 0.6) is 0 Å². The lowest BCUT2D eigenvalue weighted by atomic mass is 9.66. The first-order chi connectivity index (χ1) is 9.73. The largest absolute Gasteiger partial charge is 0.469 e. The summed E-state index contributed by atoms with van der Waals surface area (Å²) >= 11 is 0. The summed E-state index contributed by atoms with van der Waals surface area (Å²) < 4.78 is 4.83. The number of hydrogen-bond acceptors (Lipinski definition) is 4. The van der Waals surface area contributed by atoms with E-state index in [0.29, 0.717) is 12.0 Å². The molecule has 0 atom stereocenters. The van der Waals surface area contributed by atoms with Gasteiger partial charge in [0.05, 0.1) is 19.6 Å². The molecule has 1 N–H and O–H groups in total. The van der Waals surface area contributed by atoms with E-state index in [1.54, 1.807) is 0 Å². The first-order valence-corrected chi connectivity index (χ1v) is 7.84. The van der Waals surface area contributed by atoms with E-state index in [1.807, 2.05) is 20.8 Å². The maximum absolute atomic E-state index is 11.9. The van der Waals surface area contributed by atoms with Crippen molar-refractivity contribution in [3.8, 4) is 0 Å². The molecule has 2 rings (SSSR count). The molecule has 0 radical (unpaired) electrons. The first-order valence-electron chi connectivity index (χ1n) is 7.84. The third-order valence-electron chi connectivity index (χ3n) is 4.58. The molecule has 5 nitrogen and oxygen atoms in total. The van der Waals surface area contributed by atoms with Crippen LogP contribution in [0.2, 0.25) is 0 Å². The van der Waals surface area contributed by atoms with Crippen LogP contribution >= 0.6 is 0 Å². The van der Waals surface area contributed by atoms with E-state index < -0.39 is 0 Å². The maximum Gasteiger partial charge on any atom is 0.308 e. The van der Waals surface area contributed by atoms with Crippen molar-refractivity contribution in [1.82, 2.24) is 10.2 Å². The standard InChI is InChI=1S/C16H28N2O3/c1-15(2,3)17-13(19)9-18-10-16(11-18)7-5-12(6-8-16)14(20)21-4/h12H,5-11H2,1-4H3,(H,17,19). The zero-order valence-electron chi connectivity index (χ0n) is 13.7. The van der Waals surface area contributed by atoms with Gasteiger partial charge in [0.15, 0.2) is 0 Å². The van der Waals surface area contributed by atoms with Crippen molar-refractivity contribution >= 4 is 11.9 Å². The SMILES string of the molecule is COC(=O)C1CCC2(CC1)CN(CC(=O)NC(C)(C)C)C2. The Morgan fingerprint density at radius 2 is 1.81 bits per heavy atom. The summed E-state index contributed by atoms with van der Waals surface area (Å²) in [5.41, 5.74) is 0.171. The van der Waals surface area contributed by atoms with Crippen LogP contribution in [0, 0.1) is 11.3 Å². The van der Waals surface area contributed by atoms with Gasteiger partial charge in [0.25, 0.3) is 0 Å². The minimum atomic E-state index is -0.168. The second kappa shape index (κ2) is 5.95. The molecule has 1 saturated heterocycles. The molecule has 0 aromatic heterocycles. The molecular formula is C16H28N2O3. The van der Waals surface area contributed by atoms with E-state index in [9.17, 15) is 9.59 Å². The van der Waals surface area contributed by atoms with Crippen molar-refractivity contribution in [2.24, 2.45) is 11.3 Å². The fourth-order valence-electron chi connectivity index (χ4n) is 3.62. The van der Waals surface area contributed by atoms with E-state index >= 15 is 0 Å². The number of esters is 1. The van der Waals surface area contributed by atoms with Gasteiger partial charge in [0.1, 0.15) is 0 Å². The first kappa shape index (κ1) is 16.3. The van der Waals surface area contributed by atoms with Crippen LogP contribution in [0.1, 0.15) is 46.5 Å². The molecule has 1 spiro atoms. The summed E-state index contributed by atoms with van der Waals surface area (Å²) in [5.74, 6) is 0.116. The summed E-state index contributed by atoms with van der Waals surface area (Å²) in [5, 5.41) is 3.00. The molecular weight excluding hydrogens is 268 g/mol. The van der Waals surface area contributed by atoms with Crippen LogP contribution in [0.15, 0.2) is 0 Å². The fourth-order valence-corrected chi connectivity index (χ4v) is 3.62. The van der Waals surface area contributed by atoms with E-state index in [2.05, 4.69) is 10.2 Å². The predicted molar refractivity (Wildman–Crippen MR) is 80.7 cm³/mol. The van der Waals surface area contributed by atoms with Crippen molar-refractivity contribution in [1.29, 1.82) is 0 Å². The van der Waals surface area contributed by atoms with Gasteiger partial charge in [-0.2, -0.15) is 0 Å². The molecule has 1 aliphatic heterocycles. The van der Waals surface area contributed by atoms with Crippen LogP contribution in [0.3, 0.4) is 0 Å². The number of ether oxygens (including phenoxy) is 1. The van der Waals surface area contributed by atoms with Crippen LogP contribution in [-0.2, 0) is 14.3 Å². The van der Waals surface area contributed by atoms with Crippen LogP contribution in [0.4, 0.5) is 0 Å². The second-order valence-electron chi connectivity index (χ2n) is 7.74. The van der Waals surface area contributed by atoms with Gasteiger partial charge in [-0.3, -0.25) is 14.5 Å². The van der Waals surface area contributed by atoms with Gasteiger partial charge >= 0.3 is 5.97 Å². The number of hydrogen-bond donors (Lipinski definition) is 1. The quantitative estimate of drug-likeness (QED) is 0.803. The molecule has 120 valence electrons. The lowest BCUT2D eigenvalue weighted by molar-refractivity contribution is -0.149. The Balaban J connectivity index is 1.72. The Bertz CT molecular complexity index is 398. The molecule has 2 fully saturated rings. The van der Waals surface area contributed by atoms with Gasteiger partial charge in [0.2, 0.25) is 5.91 Å². The highest BCUT2D eigenvalue weighted by Gasteiger charge is 2.46. The highest BCUT2D eigenvalue weighted by atomic mass is 16.5. The Labute approximate surface area is 127 Å². The van der Waals surface area contributed by atoms with Gasteiger partial charge < -0.3 is 10.1 Å². The lowest BCUT2D eigenvalue weighted by Gasteiger charge is -2.53. The number of nitrogens with one attached hydrogen (secondary N) is 1. The highest BCUT2D eigenvalue weighted by Crippen LogP contribution is 2.45. The summed E-state index contributed by atoms with van der Waals surface area (Å²) in [6.07, 6.45) is 4.00. The zero-order chi connectivity index (χ0) is 15.7. The molecule has 2 aliphatic rings. The molecule has 1 amide bonds. The molecule has 5 heteroatoms. The van der Waals surface area contributed by atoms with E-state index in [1.165, 1.54) is 7.11 Å². The maximum atomic E-state index is 11.9. The number of nitrogens with zero attached hydrogens (tertiary/aromatic N) is 1. The minimum Gasteiger partial charge on any atom is -0.469 e. The topological polar surface area (TPSA) is 58.6 Å². The third kappa shape index (κ3) is 4.19. The molecule has 0 aromatic carbocycles. The van der Waals surface area contributed by atoms with Gasteiger partial charge in [-0.25, -0.2) is 0 Å². The Kier molecular flexibility index (Phi) is 4.61. The smallest absolute Gasteiger partial charge is 0.308 e. The third-order valence-corrected chi connectivity index (χ3v) is 4.58. The monoisotopic (exact) mass is 296 g/mol. The number of carbonyl (C=O) groups is 2. The van der Waals surface area contributed by atoms with Gasteiger partial charge in [-0.05, 0) is 51.9 Å². The average Bonchev–Trinajstić information content (AvgIpc) is 2.34. The Morgan fingerprint density at radius 1 is 1.24 bits per heavy atom. The van der Waals surface area contributed by atoms with Crippen molar-refractivity contribution in [3.05, 3.63) is 0 Å². The van der Waals surface area contributed by atoms with Crippen LogP contribution in [-0.4, -0.2) is 49.1 Å². The fraction of sp³-hybridized carbons (Fsp3) is 0.875. The summed E-state index contributed by atoms with van der Waals surface area (Å²) in [7, 11) is 1.46. The zero-order valence-corrected chi connectivity index (χ0v) is 13.7. The lowest BCUT2D eigenvalue weighted by Crippen LogP contribution is -2.60. The average molecular weight is 296 g/mol. The second-order valence-corrected chi connectivity index (χ2v) is 7.74. The van der Waals surface area contributed by atoms with Crippen molar-refractivity contribution in [3.63, 3.8) is 0 Å². The molecule has 0 bridgehead atoms. The van der Waals surface area contributed by atoms with Gasteiger partial charge in [-0.15, -0.1) is 0 Å². The molecule has 0 unspecified atom stereocenters. The molecule has 1 heterocycles. The number of rotatable bonds is 3. The molecule has 0 aromatic rings. The predicted octanol–water partition coefficient (Wildman–Crippen LogP) is 1.57. The van der Waals surface area contributed by atoms with E-state index in [-0.39, 0.29) is 23.3 Å². The Hall–Kier alpha value is -1.10. The summed E-state index contributed by atoms with van der Waals surface area (Å²) in [6.45, 7) is 8.44. The van der Waals surface area contributed by atoms with Crippen LogP contribution < -0.4 is 5.32 Å². The van der Waals surface area contributed by atoms with E-state index in [4.69, 9.17) is 4.74 Å². The molecule has 1 aliphatic carbocycles. The summed E-state index contributed by atoms with van der Waals surface area (Å²) in [6, 6.07) is 0. The normalized spacial score (nSPS) is 22.7. The van der Waals surface area contributed by atoms with Crippen molar-refractivity contribution in [2.75, 3.05) is 26.7 Å². The summed E-state index contributed by atoms with van der Waals surface area (Å²) in [4.78, 5) is 25.6. The number of methoxy groups -OCH3 is 1. The van der Waals surface area contributed by atoms with Gasteiger partial charge in [-0.1, -0.05) is 0 Å². The van der Waals surface area contributed by atoms with Gasteiger partial charge in [0, 0.05) is 18.6 Å².